The fourth-order valence-corrected chi connectivity index (χ4v) is 3.88. The number of amides is 1. The molecule has 0 aliphatic carbocycles. The van der Waals surface area contributed by atoms with Crippen LogP contribution in [0.3, 0.4) is 0 Å². The topological polar surface area (TPSA) is 59.0 Å². The normalized spacial score (nSPS) is 14.7. The van der Waals surface area contributed by atoms with Crippen LogP contribution in [0.5, 0.6) is 0 Å². The smallest absolute Gasteiger partial charge is 0.259 e. The monoisotopic (exact) mass is 392 g/mol. The number of carbonyl (C=O) groups excluding carboxylic acids is 1. The molecule has 2 N–H and O–H groups in total. The summed E-state index contributed by atoms with van der Waals surface area (Å²) in [4.78, 5) is 13.1. The van der Waals surface area contributed by atoms with Crippen molar-refractivity contribution in [1.82, 2.24) is 15.1 Å². The number of rotatable bonds is 5. The van der Waals surface area contributed by atoms with E-state index >= 15 is 0 Å². The number of aromatic nitrogens is 2. The van der Waals surface area contributed by atoms with E-state index in [4.69, 9.17) is 0 Å². The first-order chi connectivity index (χ1) is 14.2. The molecule has 0 radical (unpaired) electrons. The Labute approximate surface area is 169 Å². The molecule has 0 bridgehead atoms. The Balaban J connectivity index is 1.70. The van der Waals surface area contributed by atoms with Gasteiger partial charge >= 0.3 is 0 Å². The molecule has 150 valence electrons. The average molecular weight is 392 g/mol. The Kier molecular flexibility index (Phi) is 5.71. The van der Waals surface area contributed by atoms with E-state index < -0.39 is 0 Å². The molecule has 6 heteroatoms. The fourth-order valence-electron chi connectivity index (χ4n) is 3.88. The van der Waals surface area contributed by atoms with Crippen LogP contribution in [-0.2, 0) is 6.42 Å². The Morgan fingerprint density at radius 2 is 1.97 bits per heavy atom. The standard InChI is InChI=1S/C23H25FN4O/c1-2-16-4-3-5-19(14-16)27-23(29)21-15-26-28(20-8-6-18(24)7-9-20)22(21)17-10-12-25-13-11-17/h3-9,14-15,17,25H,2,10-13H2,1H3,(H,27,29). The van der Waals surface area contributed by atoms with Crippen LogP contribution in [-0.4, -0.2) is 28.8 Å². The minimum absolute atomic E-state index is 0.167. The first-order valence-electron chi connectivity index (χ1n) is 10.1. The van der Waals surface area contributed by atoms with Gasteiger partial charge in [-0.05, 0) is 74.3 Å². The molecule has 0 unspecified atom stereocenters. The van der Waals surface area contributed by atoms with E-state index in [1.165, 1.54) is 17.7 Å². The maximum absolute atomic E-state index is 13.4. The minimum atomic E-state index is -0.293. The fraction of sp³-hybridized carbons (Fsp3) is 0.304. The van der Waals surface area contributed by atoms with Crippen molar-refractivity contribution >= 4 is 11.6 Å². The lowest BCUT2D eigenvalue weighted by molar-refractivity contribution is 0.102. The number of benzene rings is 2. The summed E-state index contributed by atoms with van der Waals surface area (Å²) in [5.41, 5.74) is 4.17. The molecule has 1 aliphatic rings. The van der Waals surface area contributed by atoms with E-state index in [2.05, 4.69) is 22.7 Å². The molecular weight excluding hydrogens is 367 g/mol. The van der Waals surface area contributed by atoms with Crippen molar-refractivity contribution in [2.24, 2.45) is 0 Å². The summed E-state index contributed by atoms with van der Waals surface area (Å²) in [5.74, 6) is -0.246. The maximum atomic E-state index is 13.4. The first kappa shape index (κ1) is 19.3. The number of aryl methyl sites for hydroxylation is 1. The molecular formula is C23H25FN4O. The zero-order valence-electron chi connectivity index (χ0n) is 16.5. The van der Waals surface area contributed by atoms with Gasteiger partial charge in [-0.25, -0.2) is 9.07 Å². The molecule has 5 nitrogen and oxygen atoms in total. The molecule has 1 saturated heterocycles. The summed E-state index contributed by atoms with van der Waals surface area (Å²) in [5, 5.41) is 10.9. The van der Waals surface area contributed by atoms with E-state index in [0.29, 0.717) is 5.56 Å². The number of hydrogen-bond acceptors (Lipinski definition) is 3. The van der Waals surface area contributed by atoms with Gasteiger partial charge in [0.15, 0.2) is 0 Å². The molecule has 29 heavy (non-hydrogen) atoms. The molecule has 0 atom stereocenters. The predicted molar refractivity (Wildman–Crippen MR) is 112 cm³/mol. The average Bonchev–Trinajstić information content (AvgIpc) is 3.20. The molecule has 1 fully saturated rings. The molecule has 0 spiro atoms. The summed E-state index contributed by atoms with van der Waals surface area (Å²) < 4.78 is 15.2. The van der Waals surface area contributed by atoms with Gasteiger partial charge in [-0.15, -0.1) is 0 Å². The van der Waals surface area contributed by atoms with Gasteiger partial charge in [0.1, 0.15) is 5.82 Å². The molecule has 3 aromatic rings. The third kappa shape index (κ3) is 4.22. The van der Waals surface area contributed by atoms with Gasteiger partial charge in [0.2, 0.25) is 0 Å². The molecule has 4 rings (SSSR count). The van der Waals surface area contributed by atoms with Crippen LogP contribution in [0.2, 0.25) is 0 Å². The third-order valence-corrected chi connectivity index (χ3v) is 5.44. The third-order valence-electron chi connectivity index (χ3n) is 5.44. The van der Waals surface area contributed by atoms with E-state index in [9.17, 15) is 9.18 Å². The van der Waals surface area contributed by atoms with Gasteiger partial charge in [-0.2, -0.15) is 5.10 Å². The number of halogens is 1. The van der Waals surface area contributed by atoms with Crippen LogP contribution in [0.15, 0.2) is 54.7 Å². The molecule has 2 heterocycles. The summed E-state index contributed by atoms with van der Waals surface area (Å²) in [6.45, 7) is 3.89. The largest absolute Gasteiger partial charge is 0.322 e. The highest BCUT2D eigenvalue weighted by molar-refractivity contribution is 6.05. The van der Waals surface area contributed by atoms with Crippen molar-refractivity contribution in [3.8, 4) is 5.69 Å². The Morgan fingerprint density at radius 3 is 2.69 bits per heavy atom. The SMILES string of the molecule is CCc1cccc(NC(=O)c2cnn(-c3ccc(F)cc3)c2C2CCNCC2)c1. The highest BCUT2D eigenvalue weighted by Crippen LogP contribution is 2.30. The van der Waals surface area contributed by atoms with Crippen molar-refractivity contribution < 1.29 is 9.18 Å². The number of nitrogens with one attached hydrogen (secondary N) is 2. The predicted octanol–water partition coefficient (Wildman–Crippen LogP) is 4.29. The lowest BCUT2D eigenvalue weighted by atomic mass is 9.91. The van der Waals surface area contributed by atoms with Gasteiger partial charge in [0.25, 0.3) is 5.91 Å². The first-order valence-corrected chi connectivity index (χ1v) is 10.1. The van der Waals surface area contributed by atoms with Crippen LogP contribution < -0.4 is 10.6 Å². The molecule has 2 aromatic carbocycles. The van der Waals surface area contributed by atoms with Crippen molar-refractivity contribution in [2.45, 2.75) is 32.1 Å². The van der Waals surface area contributed by atoms with Crippen LogP contribution in [0.25, 0.3) is 5.69 Å². The van der Waals surface area contributed by atoms with Crippen molar-refractivity contribution in [3.05, 3.63) is 77.4 Å². The summed E-state index contributed by atoms with van der Waals surface area (Å²) >= 11 is 0. The van der Waals surface area contributed by atoms with Crippen LogP contribution in [0, 0.1) is 5.82 Å². The molecule has 1 aromatic heterocycles. The highest BCUT2D eigenvalue weighted by Gasteiger charge is 2.27. The maximum Gasteiger partial charge on any atom is 0.259 e. The zero-order valence-corrected chi connectivity index (χ0v) is 16.5. The number of hydrogen-bond donors (Lipinski definition) is 2. The van der Waals surface area contributed by atoms with Crippen molar-refractivity contribution in [2.75, 3.05) is 18.4 Å². The van der Waals surface area contributed by atoms with Gasteiger partial charge < -0.3 is 10.6 Å². The van der Waals surface area contributed by atoms with E-state index in [-0.39, 0.29) is 17.6 Å². The second-order valence-electron chi connectivity index (χ2n) is 7.36. The minimum Gasteiger partial charge on any atom is -0.322 e. The van der Waals surface area contributed by atoms with Crippen LogP contribution in [0.4, 0.5) is 10.1 Å². The van der Waals surface area contributed by atoms with Crippen molar-refractivity contribution in [3.63, 3.8) is 0 Å². The number of piperidine rings is 1. The lowest BCUT2D eigenvalue weighted by Crippen LogP contribution is -2.29. The summed E-state index contributed by atoms with van der Waals surface area (Å²) in [6.07, 6.45) is 4.39. The van der Waals surface area contributed by atoms with Gasteiger partial charge in [-0.1, -0.05) is 19.1 Å². The number of carbonyl (C=O) groups is 1. The summed E-state index contributed by atoms with van der Waals surface area (Å²) in [6, 6.07) is 14.1. The second-order valence-corrected chi connectivity index (χ2v) is 7.36. The Bertz CT molecular complexity index is 990. The zero-order chi connectivity index (χ0) is 20.2. The lowest BCUT2D eigenvalue weighted by Gasteiger charge is -2.24. The number of nitrogens with zero attached hydrogens (tertiary/aromatic N) is 2. The van der Waals surface area contributed by atoms with Gasteiger partial charge in [0, 0.05) is 11.6 Å². The second kappa shape index (κ2) is 8.57. The van der Waals surface area contributed by atoms with E-state index in [1.54, 1.807) is 23.0 Å². The van der Waals surface area contributed by atoms with Gasteiger partial charge in [-0.3, -0.25) is 4.79 Å². The molecule has 0 saturated carbocycles. The van der Waals surface area contributed by atoms with E-state index in [0.717, 1.165) is 49.4 Å². The van der Waals surface area contributed by atoms with Gasteiger partial charge in [0.05, 0.1) is 23.1 Å². The van der Waals surface area contributed by atoms with Crippen LogP contribution in [0.1, 0.15) is 47.3 Å². The Morgan fingerprint density at radius 1 is 1.21 bits per heavy atom. The van der Waals surface area contributed by atoms with E-state index in [1.807, 2.05) is 24.3 Å². The summed E-state index contributed by atoms with van der Waals surface area (Å²) in [7, 11) is 0. The van der Waals surface area contributed by atoms with Crippen LogP contribution >= 0.6 is 0 Å². The highest BCUT2D eigenvalue weighted by atomic mass is 19.1. The quantitative estimate of drug-likeness (QED) is 0.681. The Hall–Kier alpha value is -2.99. The number of anilines is 1. The molecule has 1 aliphatic heterocycles. The van der Waals surface area contributed by atoms with Crippen molar-refractivity contribution in [1.29, 1.82) is 0 Å². The molecule has 1 amide bonds.